The predicted octanol–water partition coefficient (Wildman–Crippen LogP) is 3.07. The summed E-state index contributed by atoms with van der Waals surface area (Å²) < 4.78 is 24.8. The Labute approximate surface area is 200 Å². The van der Waals surface area contributed by atoms with Gasteiger partial charge in [-0.1, -0.05) is 6.07 Å². The molecule has 2 heterocycles. The second-order valence-corrected chi connectivity index (χ2v) is 8.47. The van der Waals surface area contributed by atoms with E-state index < -0.39 is 17.8 Å². The Morgan fingerprint density at radius 1 is 1.17 bits per heavy atom. The number of morpholine rings is 1. The Bertz CT molecular complexity index is 1460. The Balaban J connectivity index is 1.63. The third-order valence-corrected chi connectivity index (χ3v) is 6.33. The van der Waals surface area contributed by atoms with Gasteiger partial charge in [0.05, 0.1) is 37.5 Å². The third-order valence-electron chi connectivity index (χ3n) is 6.33. The van der Waals surface area contributed by atoms with Crippen molar-refractivity contribution in [3.8, 4) is 16.9 Å². The maximum atomic E-state index is 14.4. The quantitative estimate of drug-likeness (QED) is 0.408. The van der Waals surface area contributed by atoms with Crippen LogP contribution in [0.15, 0.2) is 48.5 Å². The zero-order valence-corrected chi connectivity index (χ0v) is 19.0. The van der Waals surface area contributed by atoms with Crippen LogP contribution in [0.5, 0.6) is 5.75 Å². The molecule has 0 bridgehead atoms. The number of carbonyl (C=O) groups is 2. The molecule has 2 amide bonds. The van der Waals surface area contributed by atoms with Crippen LogP contribution in [0.2, 0.25) is 0 Å². The monoisotopic (exact) mass is 477 g/mol. The summed E-state index contributed by atoms with van der Waals surface area (Å²) in [6.45, 7) is 0.937. The smallest absolute Gasteiger partial charge is 0.254 e. The van der Waals surface area contributed by atoms with Crippen LogP contribution < -0.4 is 10.5 Å². The number of amides is 2. The number of methoxy groups -OCH3 is 1. The number of nitrogens with zero attached hydrogens (tertiary/aromatic N) is 1. The van der Waals surface area contributed by atoms with Gasteiger partial charge in [-0.05, 0) is 53.6 Å². The fourth-order valence-electron chi connectivity index (χ4n) is 4.54. The summed E-state index contributed by atoms with van der Waals surface area (Å²) in [6.07, 6.45) is -0.407. The van der Waals surface area contributed by atoms with Crippen LogP contribution in [0.1, 0.15) is 20.7 Å². The van der Waals surface area contributed by atoms with Gasteiger partial charge in [0.1, 0.15) is 0 Å². The summed E-state index contributed by atoms with van der Waals surface area (Å²) in [5, 5.41) is 10.8. The molecule has 1 unspecified atom stereocenters. The molecule has 1 aliphatic heterocycles. The molecular weight excluding hydrogens is 453 g/mol. The van der Waals surface area contributed by atoms with Gasteiger partial charge in [-0.15, -0.1) is 0 Å². The third kappa shape index (κ3) is 4.09. The number of primary amides is 1. The van der Waals surface area contributed by atoms with Gasteiger partial charge in [-0.2, -0.15) is 0 Å². The second-order valence-electron chi connectivity index (χ2n) is 8.47. The lowest BCUT2D eigenvalue weighted by atomic mass is 9.98. The van der Waals surface area contributed by atoms with Gasteiger partial charge >= 0.3 is 0 Å². The number of aromatic amines is 1. The Morgan fingerprint density at radius 3 is 2.71 bits per heavy atom. The van der Waals surface area contributed by atoms with Crippen LogP contribution in [0.25, 0.3) is 32.9 Å². The highest BCUT2D eigenvalue weighted by atomic mass is 19.1. The fourth-order valence-corrected chi connectivity index (χ4v) is 4.54. The van der Waals surface area contributed by atoms with E-state index in [9.17, 15) is 19.1 Å². The van der Waals surface area contributed by atoms with Crippen molar-refractivity contribution in [3.63, 3.8) is 0 Å². The van der Waals surface area contributed by atoms with Crippen molar-refractivity contribution in [2.75, 3.05) is 33.4 Å². The zero-order chi connectivity index (χ0) is 24.7. The molecule has 5 rings (SSSR count). The number of nitrogens with one attached hydrogen (secondary N) is 1. The van der Waals surface area contributed by atoms with Crippen LogP contribution in [-0.2, 0) is 4.74 Å². The highest BCUT2D eigenvalue weighted by Crippen LogP contribution is 2.34. The summed E-state index contributed by atoms with van der Waals surface area (Å²) in [5.41, 5.74) is 8.84. The van der Waals surface area contributed by atoms with Crippen molar-refractivity contribution in [1.29, 1.82) is 0 Å². The first-order chi connectivity index (χ1) is 16.9. The molecule has 9 heteroatoms. The predicted molar refractivity (Wildman–Crippen MR) is 129 cm³/mol. The van der Waals surface area contributed by atoms with Crippen molar-refractivity contribution in [3.05, 3.63) is 65.5 Å². The van der Waals surface area contributed by atoms with Gasteiger partial charge in [-0.3, -0.25) is 9.59 Å². The maximum Gasteiger partial charge on any atom is 0.254 e. The van der Waals surface area contributed by atoms with E-state index in [4.69, 9.17) is 15.2 Å². The molecule has 1 aromatic heterocycles. The van der Waals surface area contributed by atoms with Crippen LogP contribution >= 0.6 is 0 Å². The summed E-state index contributed by atoms with van der Waals surface area (Å²) in [6, 6.07) is 13.3. The van der Waals surface area contributed by atoms with Gasteiger partial charge in [0.25, 0.3) is 11.8 Å². The number of fused-ring (bicyclic) bond motifs is 3. The number of aliphatic hydroxyl groups is 1. The van der Waals surface area contributed by atoms with Gasteiger partial charge in [0, 0.05) is 34.9 Å². The molecule has 1 saturated heterocycles. The lowest BCUT2D eigenvalue weighted by Gasteiger charge is -2.32. The first kappa shape index (κ1) is 22.8. The number of aromatic nitrogens is 1. The largest absolute Gasteiger partial charge is 0.494 e. The molecule has 1 atom stereocenters. The summed E-state index contributed by atoms with van der Waals surface area (Å²) in [7, 11) is 1.39. The summed E-state index contributed by atoms with van der Waals surface area (Å²) in [5.74, 6) is -1.21. The molecule has 0 aliphatic carbocycles. The van der Waals surface area contributed by atoms with Gasteiger partial charge in [0.15, 0.2) is 11.6 Å². The fraction of sp³-hybridized carbons (Fsp3) is 0.231. The average Bonchev–Trinajstić information content (AvgIpc) is 3.25. The maximum absolute atomic E-state index is 14.4. The van der Waals surface area contributed by atoms with E-state index in [1.807, 2.05) is 6.07 Å². The van der Waals surface area contributed by atoms with Gasteiger partial charge in [-0.25, -0.2) is 4.39 Å². The molecule has 0 radical (unpaired) electrons. The van der Waals surface area contributed by atoms with E-state index in [1.165, 1.54) is 19.2 Å². The number of rotatable bonds is 5. The standard InChI is InChI=1S/C26H24FN3O5/c1-34-23-5-3-14(11-21(23)27)16-9-19-18-8-15(26(33)30-6-7-35-17(12-30)13-31)2-4-22(18)29-24(19)20(10-16)25(28)32/h2-5,8-11,17,29,31H,6-7,12-13H2,1H3,(H2,28,32). The van der Waals surface area contributed by atoms with Crippen LogP contribution in [0.4, 0.5) is 4.39 Å². The number of nitrogens with two attached hydrogens (primary N) is 1. The van der Waals surface area contributed by atoms with E-state index in [1.54, 1.807) is 35.2 Å². The topological polar surface area (TPSA) is 118 Å². The number of halogens is 1. The first-order valence-electron chi connectivity index (χ1n) is 11.1. The van der Waals surface area contributed by atoms with E-state index in [0.29, 0.717) is 47.3 Å². The SMILES string of the molecule is COc1ccc(-c2cc(C(N)=O)c3[nH]c4ccc(C(=O)N5CCOC(CO)C5)cc4c3c2)cc1F. The molecule has 35 heavy (non-hydrogen) atoms. The minimum Gasteiger partial charge on any atom is -0.494 e. The number of carbonyl (C=O) groups excluding carboxylic acids is 2. The van der Waals surface area contributed by atoms with Gasteiger partial charge in [0.2, 0.25) is 0 Å². The average molecular weight is 477 g/mol. The van der Waals surface area contributed by atoms with Crippen molar-refractivity contribution < 1.29 is 28.6 Å². The van der Waals surface area contributed by atoms with Crippen LogP contribution in [-0.4, -0.2) is 66.3 Å². The highest BCUT2D eigenvalue weighted by Gasteiger charge is 2.25. The number of aliphatic hydroxyl groups excluding tert-OH is 1. The Kier molecular flexibility index (Phi) is 5.88. The van der Waals surface area contributed by atoms with Crippen molar-refractivity contribution in [2.24, 2.45) is 5.73 Å². The molecular formula is C26H24FN3O5. The second kappa shape index (κ2) is 9.01. The molecule has 3 aromatic carbocycles. The van der Waals surface area contributed by atoms with E-state index >= 15 is 0 Å². The number of H-pyrrole nitrogens is 1. The summed E-state index contributed by atoms with van der Waals surface area (Å²) in [4.78, 5) is 30.4. The lowest BCUT2D eigenvalue weighted by Crippen LogP contribution is -2.46. The Hall–Kier alpha value is -3.95. The number of hydrogen-bond acceptors (Lipinski definition) is 5. The number of benzene rings is 3. The van der Waals surface area contributed by atoms with Crippen LogP contribution in [0, 0.1) is 5.82 Å². The lowest BCUT2D eigenvalue weighted by molar-refractivity contribution is -0.0447. The molecule has 4 N–H and O–H groups in total. The van der Waals surface area contributed by atoms with Crippen LogP contribution in [0.3, 0.4) is 0 Å². The van der Waals surface area contributed by atoms with Crippen molar-refractivity contribution in [2.45, 2.75) is 6.10 Å². The molecule has 8 nitrogen and oxygen atoms in total. The Morgan fingerprint density at radius 2 is 2.00 bits per heavy atom. The van der Waals surface area contributed by atoms with Gasteiger partial charge < -0.3 is 30.2 Å². The zero-order valence-electron chi connectivity index (χ0n) is 19.0. The minimum absolute atomic E-state index is 0.117. The van der Waals surface area contributed by atoms with E-state index in [2.05, 4.69) is 4.98 Å². The van der Waals surface area contributed by atoms with E-state index in [0.717, 1.165) is 10.9 Å². The molecule has 0 spiro atoms. The molecule has 1 fully saturated rings. The van der Waals surface area contributed by atoms with Crippen molar-refractivity contribution in [1.82, 2.24) is 9.88 Å². The van der Waals surface area contributed by atoms with E-state index in [-0.39, 0.29) is 23.8 Å². The molecule has 4 aromatic rings. The minimum atomic E-state index is -0.628. The van der Waals surface area contributed by atoms with Crippen molar-refractivity contribution >= 4 is 33.6 Å². The molecule has 0 saturated carbocycles. The number of hydrogen-bond donors (Lipinski definition) is 3. The first-order valence-corrected chi connectivity index (χ1v) is 11.1. The molecule has 180 valence electrons. The molecule has 1 aliphatic rings. The summed E-state index contributed by atoms with van der Waals surface area (Å²) >= 11 is 0. The number of ether oxygens (including phenoxy) is 2. The normalized spacial score (nSPS) is 16.1. The highest BCUT2D eigenvalue weighted by molar-refractivity contribution is 6.17.